The number of nitrogens with zero attached hydrogens (tertiary/aromatic N) is 5. The van der Waals surface area contributed by atoms with Gasteiger partial charge in [-0.3, -0.25) is 9.97 Å². The third-order valence-corrected chi connectivity index (χ3v) is 5.05. The molecule has 1 N–H and O–H groups in total. The molecule has 0 bridgehead atoms. The molecule has 5 rings (SSSR count). The zero-order valence-corrected chi connectivity index (χ0v) is 16.7. The van der Waals surface area contributed by atoms with Crippen molar-refractivity contribution in [2.24, 2.45) is 0 Å². The van der Waals surface area contributed by atoms with Gasteiger partial charge >= 0.3 is 5.97 Å². The molecule has 7 nitrogen and oxygen atoms in total. The normalized spacial score (nSPS) is 11.0. The van der Waals surface area contributed by atoms with E-state index in [1.54, 1.807) is 41.3 Å². The first-order chi connectivity index (χ1) is 15.1. The van der Waals surface area contributed by atoms with Gasteiger partial charge in [-0.2, -0.15) is 0 Å². The summed E-state index contributed by atoms with van der Waals surface area (Å²) in [5.74, 6) is 0.134. The van der Waals surface area contributed by atoms with Gasteiger partial charge in [-0.15, -0.1) is 5.10 Å². The first-order valence-electron chi connectivity index (χ1n) is 9.36. The predicted molar refractivity (Wildman–Crippen MR) is 117 cm³/mol. The molecule has 0 saturated heterocycles. The van der Waals surface area contributed by atoms with E-state index in [2.05, 4.69) is 9.97 Å². The second-order valence-electron chi connectivity index (χ2n) is 6.79. The fourth-order valence-electron chi connectivity index (χ4n) is 3.25. The summed E-state index contributed by atoms with van der Waals surface area (Å²) < 4.78 is 1.69. The van der Waals surface area contributed by atoms with Crippen molar-refractivity contribution in [1.29, 1.82) is 0 Å². The number of aromatic carboxylic acids is 1. The number of hydrogen-bond donors (Lipinski definition) is 1. The fraction of sp³-hybridized carbons (Fsp3) is 0. The van der Waals surface area contributed by atoms with Crippen LogP contribution in [0, 0.1) is 0 Å². The lowest BCUT2D eigenvalue weighted by Crippen LogP contribution is -2.01. The molecule has 150 valence electrons. The van der Waals surface area contributed by atoms with Crippen molar-refractivity contribution in [3.05, 3.63) is 89.7 Å². The molecule has 2 aromatic heterocycles. The van der Waals surface area contributed by atoms with Crippen LogP contribution < -0.4 is 0 Å². The van der Waals surface area contributed by atoms with Crippen molar-refractivity contribution in [1.82, 2.24) is 24.7 Å². The zero-order chi connectivity index (χ0) is 21.4. The summed E-state index contributed by atoms with van der Waals surface area (Å²) in [6.07, 6.45) is 3.29. The molecule has 0 atom stereocenters. The lowest BCUT2D eigenvalue weighted by atomic mass is 10.2. The van der Waals surface area contributed by atoms with Gasteiger partial charge in [0.25, 0.3) is 0 Å². The second kappa shape index (κ2) is 7.62. The van der Waals surface area contributed by atoms with E-state index in [-0.39, 0.29) is 5.56 Å². The number of carboxylic acids is 1. The van der Waals surface area contributed by atoms with E-state index >= 15 is 0 Å². The first-order valence-corrected chi connectivity index (χ1v) is 9.74. The Morgan fingerprint density at radius 2 is 1.52 bits per heavy atom. The van der Waals surface area contributed by atoms with Crippen LogP contribution in [0.1, 0.15) is 10.4 Å². The highest BCUT2D eigenvalue weighted by Gasteiger charge is 2.16. The van der Waals surface area contributed by atoms with Crippen molar-refractivity contribution >= 4 is 28.6 Å². The summed E-state index contributed by atoms with van der Waals surface area (Å²) >= 11 is 6.05. The monoisotopic (exact) mass is 427 g/mol. The molecular formula is C23H14ClN5O2. The largest absolute Gasteiger partial charge is 0.478 e. The number of benzene rings is 3. The molecule has 0 unspecified atom stereocenters. The van der Waals surface area contributed by atoms with E-state index in [0.29, 0.717) is 22.4 Å². The Kier molecular flexibility index (Phi) is 4.65. The highest BCUT2D eigenvalue weighted by atomic mass is 35.5. The summed E-state index contributed by atoms with van der Waals surface area (Å²) in [4.78, 5) is 24.6. The standard InChI is InChI=1S/C23H14ClN5O2/c24-17-6-1-14(2-7-17)22-27-21(16-5-10-19-20(13-16)26-12-11-25-19)28-29(22)18-8-3-15(4-9-18)23(30)31/h1-13H,(H,30,31). The van der Waals surface area contributed by atoms with Crippen LogP contribution >= 0.6 is 11.6 Å². The predicted octanol–water partition coefficient (Wildman–Crippen LogP) is 4.90. The Labute approximate surface area is 181 Å². The molecule has 0 fully saturated rings. The molecule has 0 spiro atoms. The van der Waals surface area contributed by atoms with Gasteiger partial charge in [0, 0.05) is 28.5 Å². The Hall–Kier alpha value is -4.10. The number of carboxylic acid groups (broad SMARTS) is 1. The van der Waals surface area contributed by atoms with Crippen molar-refractivity contribution in [3.63, 3.8) is 0 Å². The summed E-state index contributed by atoms with van der Waals surface area (Å²) in [5.41, 5.74) is 4.04. The molecule has 0 aliphatic rings. The molecule has 3 aromatic carbocycles. The van der Waals surface area contributed by atoms with Crippen LogP contribution in [0.4, 0.5) is 0 Å². The maximum absolute atomic E-state index is 11.2. The molecule has 31 heavy (non-hydrogen) atoms. The zero-order valence-electron chi connectivity index (χ0n) is 16.0. The topological polar surface area (TPSA) is 93.8 Å². The van der Waals surface area contributed by atoms with Gasteiger partial charge in [0.1, 0.15) is 0 Å². The summed E-state index contributed by atoms with van der Waals surface area (Å²) in [6.45, 7) is 0. The summed E-state index contributed by atoms with van der Waals surface area (Å²) in [5, 5.41) is 14.5. The van der Waals surface area contributed by atoms with Crippen LogP contribution in [0.2, 0.25) is 5.02 Å². The first kappa shape index (κ1) is 18.9. The molecule has 0 radical (unpaired) electrons. The van der Waals surface area contributed by atoms with Gasteiger partial charge < -0.3 is 5.11 Å². The minimum atomic E-state index is -0.985. The number of fused-ring (bicyclic) bond motifs is 1. The Balaban J connectivity index is 1.67. The SMILES string of the molecule is O=C(O)c1ccc(-n2nc(-c3ccc4nccnc4c3)nc2-c2ccc(Cl)cc2)cc1. The van der Waals surface area contributed by atoms with Gasteiger partial charge in [-0.05, 0) is 66.7 Å². The number of rotatable bonds is 4. The van der Waals surface area contributed by atoms with Crippen LogP contribution in [-0.2, 0) is 0 Å². The molecule has 0 aliphatic carbocycles. The molecular weight excluding hydrogens is 414 g/mol. The van der Waals surface area contributed by atoms with Crippen LogP contribution in [-0.4, -0.2) is 35.8 Å². The van der Waals surface area contributed by atoms with Crippen LogP contribution in [0.5, 0.6) is 0 Å². The van der Waals surface area contributed by atoms with Gasteiger partial charge in [-0.25, -0.2) is 14.5 Å². The summed E-state index contributed by atoms with van der Waals surface area (Å²) in [7, 11) is 0. The Morgan fingerprint density at radius 1 is 0.839 bits per heavy atom. The van der Waals surface area contributed by atoms with E-state index in [1.165, 1.54) is 12.1 Å². The number of aromatic nitrogens is 5. The maximum Gasteiger partial charge on any atom is 0.335 e. The van der Waals surface area contributed by atoms with E-state index in [0.717, 1.165) is 22.2 Å². The Bertz CT molecular complexity index is 1410. The van der Waals surface area contributed by atoms with Crippen LogP contribution in [0.3, 0.4) is 0 Å². The highest BCUT2D eigenvalue weighted by Crippen LogP contribution is 2.27. The summed E-state index contributed by atoms with van der Waals surface area (Å²) in [6, 6.07) is 19.4. The van der Waals surface area contributed by atoms with E-state index in [9.17, 15) is 9.90 Å². The maximum atomic E-state index is 11.2. The molecule has 0 amide bonds. The lowest BCUT2D eigenvalue weighted by Gasteiger charge is -2.06. The average molecular weight is 428 g/mol. The lowest BCUT2D eigenvalue weighted by molar-refractivity contribution is 0.0697. The molecule has 0 aliphatic heterocycles. The van der Waals surface area contributed by atoms with E-state index < -0.39 is 5.97 Å². The minimum absolute atomic E-state index is 0.199. The van der Waals surface area contributed by atoms with Crippen molar-refractivity contribution in [2.45, 2.75) is 0 Å². The van der Waals surface area contributed by atoms with Crippen molar-refractivity contribution in [3.8, 4) is 28.5 Å². The van der Waals surface area contributed by atoms with Gasteiger partial charge in [0.15, 0.2) is 11.6 Å². The van der Waals surface area contributed by atoms with Crippen LogP contribution in [0.25, 0.3) is 39.5 Å². The number of halogens is 1. The third-order valence-electron chi connectivity index (χ3n) is 4.80. The third kappa shape index (κ3) is 3.62. The molecule has 0 saturated carbocycles. The van der Waals surface area contributed by atoms with Crippen molar-refractivity contribution in [2.75, 3.05) is 0 Å². The van der Waals surface area contributed by atoms with Crippen LogP contribution in [0.15, 0.2) is 79.1 Å². The van der Waals surface area contributed by atoms with Gasteiger partial charge in [-0.1, -0.05) is 11.6 Å². The smallest absolute Gasteiger partial charge is 0.335 e. The molecule has 2 heterocycles. The van der Waals surface area contributed by atoms with Crippen molar-refractivity contribution < 1.29 is 9.90 Å². The van der Waals surface area contributed by atoms with E-state index in [1.807, 2.05) is 30.3 Å². The average Bonchev–Trinajstić information content (AvgIpc) is 3.25. The number of hydrogen-bond acceptors (Lipinski definition) is 5. The minimum Gasteiger partial charge on any atom is -0.478 e. The molecule has 5 aromatic rings. The van der Waals surface area contributed by atoms with Gasteiger partial charge in [0.05, 0.1) is 22.3 Å². The van der Waals surface area contributed by atoms with E-state index in [4.69, 9.17) is 21.7 Å². The number of carbonyl (C=O) groups is 1. The van der Waals surface area contributed by atoms with Gasteiger partial charge in [0.2, 0.25) is 0 Å². The quantitative estimate of drug-likeness (QED) is 0.438. The fourth-order valence-corrected chi connectivity index (χ4v) is 3.37. The molecule has 8 heteroatoms. The highest BCUT2D eigenvalue weighted by molar-refractivity contribution is 6.30. The second-order valence-corrected chi connectivity index (χ2v) is 7.23. The Morgan fingerprint density at radius 3 is 2.23 bits per heavy atom.